The highest BCUT2D eigenvalue weighted by Gasteiger charge is 2.30. The van der Waals surface area contributed by atoms with Crippen molar-refractivity contribution < 1.29 is 19.1 Å². The van der Waals surface area contributed by atoms with Gasteiger partial charge in [0.2, 0.25) is 11.8 Å². The topological polar surface area (TPSA) is 84.5 Å². The highest BCUT2D eigenvalue weighted by atomic mass is 32.2. The molecule has 1 aromatic carbocycles. The molecule has 1 aliphatic heterocycles. The summed E-state index contributed by atoms with van der Waals surface area (Å²) in [4.78, 5) is 38.9. The molecule has 0 unspecified atom stereocenters. The number of hydrogen-bond donors (Lipinski definition) is 2. The van der Waals surface area contributed by atoms with Crippen LogP contribution in [0.15, 0.2) is 29.2 Å². The molecule has 1 aliphatic rings. The molecule has 0 saturated carbocycles. The van der Waals surface area contributed by atoms with Crippen molar-refractivity contribution >= 4 is 51.6 Å². The number of thiophene rings is 1. The molecule has 6 nitrogen and oxygen atoms in total. The third kappa shape index (κ3) is 4.17. The fourth-order valence-corrected chi connectivity index (χ4v) is 4.91. The van der Waals surface area contributed by atoms with E-state index in [9.17, 15) is 14.4 Å². The number of carbonyl (C=O) groups is 3. The number of benzene rings is 1. The van der Waals surface area contributed by atoms with E-state index in [1.807, 2.05) is 38.1 Å². The summed E-state index contributed by atoms with van der Waals surface area (Å²) >= 11 is 2.70. The van der Waals surface area contributed by atoms with Crippen LogP contribution < -0.4 is 10.6 Å². The Labute approximate surface area is 165 Å². The second kappa shape index (κ2) is 8.14. The number of aryl methyl sites for hydroxylation is 1. The van der Waals surface area contributed by atoms with Crippen molar-refractivity contribution in [3.05, 3.63) is 40.3 Å². The molecule has 0 radical (unpaired) electrons. The molecule has 2 N–H and O–H groups in total. The molecule has 3 rings (SSSR count). The summed E-state index contributed by atoms with van der Waals surface area (Å²) in [6.07, 6.45) is 0.0170. The molecule has 2 aromatic rings. The number of ether oxygens (including phenoxy) is 1. The lowest BCUT2D eigenvalue weighted by Crippen LogP contribution is -2.32. The lowest BCUT2D eigenvalue weighted by molar-refractivity contribution is -0.120. The number of hydrogen-bond acceptors (Lipinski definition) is 6. The summed E-state index contributed by atoms with van der Waals surface area (Å²) in [7, 11) is 0. The Kier molecular flexibility index (Phi) is 5.86. The number of anilines is 2. The fourth-order valence-electron chi connectivity index (χ4n) is 2.74. The van der Waals surface area contributed by atoms with E-state index < -0.39 is 11.2 Å². The first-order valence-corrected chi connectivity index (χ1v) is 10.2. The number of amides is 2. The third-order valence-corrected chi connectivity index (χ3v) is 6.59. The zero-order valence-corrected chi connectivity index (χ0v) is 16.9. The van der Waals surface area contributed by atoms with Gasteiger partial charge < -0.3 is 15.4 Å². The molecule has 0 fully saturated rings. The Hall–Kier alpha value is -2.32. The summed E-state index contributed by atoms with van der Waals surface area (Å²) < 4.78 is 5.10. The number of fused-ring (bicyclic) bond motifs is 1. The lowest BCUT2D eigenvalue weighted by Gasteiger charge is -2.23. The van der Waals surface area contributed by atoms with Gasteiger partial charge in [0.05, 0.1) is 23.1 Å². The van der Waals surface area contributed by atoms with E-state index in [1.165, 1.54) is 23.1 Å². The number of esters is 1. The van der Waals surface area contributed by atoms with Crippen LogP contribution in [-0.2, 0) is 14.3 Å². The van der Waals surface area contributed by atoms with Gasteiger partial charge in [-0.1, -0.05) is 12.1 Å². The Morgan fingerprint density at radius 2 is 2.00 bits per heavy atom. The van der Waals surface area contributed by atoms with Crippen LogP contribution in [0.2, 0.25) is 0 Å². The van der Waals surface area contributed by atoms with Gasteiger partial charge in [-0.15, -0.1) is 23.1 Å². The maximum Gasteiger partial charge on any atom is 0.341 e. The summed E-state index contributed by atoms with van der Waals surface area (Å²) in [6, 6.07) is 7.49. The molecule has 0 spiro atoms. The van der Waals surface area contributed by atoms with Crippen LogP contribution in [-0.4, -0.2) is 29.6 Å². The zero-order valence-electron chi connectivity index (χ0n) is 15.3. The molecule has 142 valence electrons. The second-order valence-electron chi connectivity index (χ2n) is 6.05. The third-order valence-electron chi connectivity index (χ3n) is 4.20. The van der Waals surface area contributed by atoms with Gasteiger partial charge in [-0.05, 0) is 38.5 Å². The van der Waals surface area contributed by atoms with Crippen molar-refractivity contribution in [2.75, 3.05) is 17.2 Å². The standard InChI is InChI=1S/C19H20N2O4S2/c1-4-25-19(24)16-10(2)11(3)26-18(16)21-15(22)9-14-17(23)20-12-7-5-6-8-13(12)27-14/h5-8,14H,4,9H2,1-3H3,(H,20,23)(H,21,22)/t14-/m1/s1. The van der Waals surface area contributed by atoms with E-state index >= 15 is 0 Å². The van der Waals surface area contributed by atoms with Crippen LogP contribution in [0.1, 0.15) is 34.1 Å². The lowest BCUT2D eigenvalue weighted by atomic mass is 10.1. The Morgan fingerprint density at radius 3 is 2.74 bits per heavy atom. The van der Waals surface area contributed by atoms with Gasteiger partial charge in [-0.25, -0.2) is 4.79 Å². The summed E-state index contributed by atoms with van der Waals surface area (Å²) in [6.45, 7) is 5.72. The van der Waals surface area contributed by atoms with E-state index in [-0.39, 0.29) is 24.8 Å². The van der Waals surface area contributed by atoms with E-state index in [4.69, 9.17) is 4.74 Å². The van der Waals surface area contributed by atoms with Crippen LogP contribution in [0.25, 0.3) is 0 Å². The van der Waals surface area contributed by atoms with Gasteiger partial charge in [-0.2, -0.15) is 0 Å². The van der Waals surface area contributed by atoms with Crippen molar-refractivity contribution in [1.82, 2.24) is 0 Å². The smallest absolute Gasteiger partial charge is 0.341 e. The number of nitrogens with one attached hydrogen (secondary N) is 2. The van der Waals surface area contributed by atoms with Crippen molar-refractivity contribution in [3.8, 4) is 0 Å². The SMILES string of the molecule is CCOC(=O)c1c(NC(=O)C[C@H]2Sc3ccccc3NC2=O)sc(C)c1C. The zero-order chi connectivity index (χ0) is 19.6. The Morgan fingerprint density at radius 1 is 1.26 bits per heavy atom. The molecule has 0 saturated heterocycles. The normalized spacial score (nSPS) is 15.7. The van der Waals surface area contributed by atoms with Crippen LogP contribution in [0.5, 0.6) is 0 Å². The van der Waals surface area contributed by atoms with Crippen molar-refractivity contribution in [2.45, 2.75) is 37.3 Å². The minimum Gasteiger partial charge on any atom is -0.462 e. The average Bonchev–Trinajstić information content (AvgIpc) is 2.89. The number of thioether (sulfide) groups is 1. The van der Waals surface area contributed by atoms with Gasteiger partial charge >= 0.3 is 5.97 Å². The highest BCUT2D eigenvalue weighted by molar-refractivity contribution is 8.01. The maximum atomic E-state index is 12.5. The predicted octanol–water partition coefficient (Wildman–Crippen LogP) is 3.98. The summed E-state index contributed by atoms with van der Waals surface area (Å²) in [5.74, 6) is -0.958. The van der Waals surface area contributed by atoms with Crippen LogP contribution in [0, 0.1) is 13.8 Å². The van der Waals surface area contributed by atoms with Gasteiger partial charge in [0, 0.05) is 16.2 Å². The van der Waals surface area contributed by atoms with Gasteiger partial charge in [0.15, 0.2) is 0 Å². The number of para-hydroxylation sites is 1. The summed E-state index contributed by atoms with van der Waals surface area (Å²) in [5, 5.41) is 5.56. The van der Waals surface area contributed by atoms with Gasteiger partial charge in [-0.3, -0.25) is 9.59 Å². The molecule has 27 heavy (non-hydrogen) atoms. The monoisotopic (exact) mass is 404 g/mol. The second-order valence-corrected chi connectivity index (χ2v) is 8.52. The predicted molar refractivity (Wildman–Crippen MR) is 108 cm³/mol. The van der Waals surface area contributed by atoms with E-state index in [0.29, 0.717) is 10.6 Å². The molecular weight excluding hydrogens is 384 g/mol. The first-order chi connectivity index (χ1) is 12.9. The van der Waals surface area contributed by atoms with Crippen molar-refractivity contribution in [3.63, 3.8) is 0 Å². The molecular formula is C19H20N2O4S2. The molecule has 1 atom stereocenters. The van der Waals surface area contributed by atoms with Crippen LogP contribution in [0.3, 0.4) is 0 Å². The van der Waals surface area contributed by atoms with Crippen LogP contribution >= 0.6 is 23.1 Å². The Bertz CT molecular complexity index is 907. The number of rotatable bonds is 5. The van der Waals surface area contributed by atoms with Crippen molar-refractivity contribution in [2.24, 2.45) is 0 Å². The molecule has 2 amide bonds. The van der Waals surface area contributed by atoms with E-state index in [0.717, 1.165) is 21.0 Å². The van der Waals surface area contributed by atoms with E-state index in [1.54, 1.807) is 6.92 Å². The molecule has 2 heterocycles. The van der Waals surface area contributed by atoms with E-state index in [2.05, 4.69) is 10.6 Å². The highest BCUT2D eigenvalue weighted by Crippen LogP contribution is 2.37. The average molecular weight is 405 g/mol. The molecule has 0 bridgehead atoms. The Balaban J connectivity index is 1.73. The van der Waals surface area contributed by atoms with Crippen LogP contribution in [0.4, 0.5) is 10.7 Å². The molecule has 8 heteroatoms. The van der Waals surface area contributed by atoms with Gasteiger partial charge in [0.25, 0.3) is 0 Å². The maximum absolute atomic E-state index is 12.5. The molecule has 1 aromatic heterocycles. The van der Waals surface area contributed by atoms with Crippen molar-refractivity contribution in [1.29, 1.82) is 0 Å². The first kappa shape index (κ1) is 19.4. The minimum absolute atomic E-state index is 0.0170. The first-order valence-electron chi connectivity index (χ1n) is 8.54. The largest absolute Gasteiger partial charge is 0.462 e. The quantitative estimate of drug-likeness (QED) is 0.737. The summed E-state index contributed by atoms with van der Waals surface area (Å²) in [5.41, 5.74) is 1.95. The van der Waals surface area contributed by atoms with Gasteiger partial charge in [0.1, 0.15) is 5.00 Å². The minimum atomic E-state index is -0.520. The molecule has 0 aliphatic carbocycles. The fraction of sp³-hybridized carbons (Fsp3) is 0.316. The number of carbonyl (C=O) groups excluding carboxylic acids is 3.